The lowest BCUT2D eigenvalue weighted by Crippen LogP contribution is -2.37. The summed E-state index contributed by atoms with van der Waals surface area (Å²) in [6.07, 6.45) is 0. The summed E-state index contributed by atoms with van der Waals surface area (Å²) in [7, 11) is 0. The molecule has 0 amide bonds. The predicted molar refractivity (Wildman–Crippen MR) is 69.5 cm³/mol. The van der Waals surface area contributed by atoms with E-state index in [0.29, 0.717) is 17.5 Å². The van der Waals surface area contributed by atoms with Gasteiger partial charge in [-0.15, -0.1) is 0 Å². The number of rotatable bonds is 1. The second kappa shape index (κ2) is 5.30. The molecule has 18 heavy (non-hydrogen) atoms. The van der Waals surface area contributed by atoms with Gasteiger partial charge in [-0.25, -0.2) is 0 Å². The molecule has 98 valence electrons. The summed E-state index contributed by atoms with van der Waals surface area (Å²) in [6.45, 7) is 5.32. The van der Waals surface area contributed by atoms with Crippen molar-refractivity contribution in [2.24, 2.45) is 0 Å². The lowest BCUT2D eigenvalue weighted by Gasteiger charge is -2.29. The first kappa shape index (κ1) is 12.0. The Morgan fingerprint density at radius 1 is 1.28 bits per heavy atom. The minimum Gasteiger partial charge on any atom is -0.476 e. The number of morpholine rings is 1. The molecule has 0 bridgehead atoms. The van der Waals surface area contributed by atoms with E-state index in [0.717, 1.165) is 50.8 Å². The zero-order valence-electron chi connectivity index (χ0n) is 10.1. The molecule has 2 aliphatic heterocycles. The highest BCUT2D eigenvalue weighted by atomic mass is 35.5. The normalized spacial score (nSPS) is 19.9. The Kier molecular flexibility index (Phi) is 3.54. The number of hydrogen-bond donors (Lipinski definition) is 1. The van der Waals surface area contributed by atoms with Crippen LogP contribution in [0.4, 0.5) is 5.82 Å². The van der Waals surface area contributed by atoms with Gasteiger partial charge in [0.15, 0.2) is 5.82 Å². The molecular weight excluding hydrogens is 254 g/mol. The number of anilines is 1. The Labute approximate surface area is 111 Å². The number of halogens is 1. The first-order valence-electron chi connectivity index (χ1n) is 6.20. The average Bonchev–Trinajstić information content (AvgIpc) is 2.63. The SMILES string of the molecule is Clc1cc2c(nc1N1CCOCC1)OCCNC2. The monoisotopic (exact) mass is 269 g/mol. The Balaban J connectivity index is 1.92. The summed E-state index contributed by atoms with van der Waals surface area (Å²) in [5.74, 6) is 1.51. The number of nitrogens with zero attached hydrogens (tertiary/aromatic N) is 2. The standard InChI is InChI=1S/C12H16ClN3O2/c13-10-7-9-8-14-1-4-18-12(9)15-11(10)16-2-5-17-6-3-16/h7,14H,1-6,8H2. The molecule has 0 aromatic carbocycles. The summed E-state index contributed by atoms with van der Waals surface area (Å²) in [5, 5.41) is 3.96. The molecule has 1 aromatic rings. The van der Waals surface area contributed by atoms with Crippen LogP contribution >= 0.6 is 11.6 Å². The molecule has 3 heterocycles. The molecule has 1 aromatic heterocycles. The quantitative estimate of drug-likeness (QED) is 0.826. The molecule has 3 rings (SSSR count). The minimum atomic E-state index is 0.643. The second-order valence-corrected chi connectivity index (χ2v) is 4.79. The summed E-state index contributed by atoms with van der Waals surface area (Å²) >= 11 is 6.32. The van der Waals surface area contributed by atoms with Gasteiger partial charge in [-0.2, -0.15) is 4.98 Å². The van der Waals surface area contributed by atoms with Gasteiger partial charge in [0.05, 0.1) is 18.2 Å². The van der Waals surface area contributed by atoms with Crippen LogP contribution in [-0.4, -0.2) is 44.4 Å². The van der Waals surface area contributed by atoms with Gasteiger partial charge in [0.2, 0.25) is 5.88 Å². The fourth-order valence-corrected chi connectivity index (χ4v) is 2.49. The Bertz CT molecular complexity index is 436. The average molecular weight is 270 g/mol. The van der Waals surface area contributed by atoms with E-state index < -0.39 is 0 Å². The van der Waals surface area contributed by atoms with Crippen molar-refractivity contribution in [2.75, 3.05) is 44.4 Å². The highest BCUT2D eigenvalue weighted by Gasteiger charge is 2.20. The number of pyridine rings is 1. The summed E-state index contributed by atoms with van der Waals surface area (Å²) in [4.78, 5) is 6.72. The van der Waals surface area contributed by atoms with E-state index >= 15 is 0 Å². The van der Waals surface area contributed by atoms with Gasteiger partial charge in [0, 0.05) is 31.7 Å². The predicted octanol–water partition coefficient (Wildman–Crippen LogP) is 1.05. The molecule has 0 spiro atoms. The van der Waals surface area contributed by atoms with E-state index in [1.165, 1.54) is 0 Å². The maximum Gasteiger partial charge on any atom is 0.219 e. The van der Waals surface area contributed by atoms with Crippen molar-refractivity contribution in [1.82, 2.24) is 10.3 Å². The molecule has 5 nitrogen and oxygen atoms in total. The van der Waals surface area contributed by atoms with Crippen LogP contribution in [0.5, 0.6) is 5.88 Å². The Morgan fingerprint density at radius 2 is 2.11 bits per heavy atom. The van der Waals surface area contributed by atoms with E-state index in [-0.39, 0.29) is 0 Å². The number of fused-ring (bicyclic) bond motifs is 1. The van der Waals surface area contributed by atoms with Crippen LogP contribution in [0.1, 0.15) is 5.56 Å². The number of hydrogen-bond acceptors (Lipinski definition) is 5. The number of aromatic nitrogens is 1. The van der Waals surface area contributed by atoms with Crippen LogP contribution in [0.15, 0.2) is 6.07 Å². The van der Waals surface area contributed by atoms with E-state index in [1.807, 2.05) is 6.07 Å². The van der Waals surface area contributed by atoms with Crippen molar-refractivity contribution in [3.63, 3.8) is 0 Å². The first-order valence-corrected chi connectivity index (χ1v) is 6.58. The lowest BCUT2D eigenvalue weighted by molar-refractivity contribution is 0.122. The van der Waals surface area contributed by atoms with Crippen LogP contribution in [0.25, 0.3) is 0 Å². The van der Waals surface area contributed by atoms with Gasteiger partial charge >= 0.3 is 0 Å². The summed E-state index contributed by atoms with van der Waals surface area (Å²) < 4.78 is 11.0. The van der Waals surface area contributed by atoms with Gasteiger partial charge in [0.1, 0.15) is 6.61 Å². The molecule has 0 aliphatic carbocycles. The third-order valence-electron chi connectivity index (χ3n) is 3.14. The molecule has 0 saturated carbocycles. The molecule has 1 N–H and O–H groups in total. The van der Waals surface area contributed by atoms with Crippen LogP contribution < -0.4 is 15.0 Å². The Morgan fingerprint density at radius 3 is 2.94 bits per heavy atom. The van der Waals surface area contributed by atoms with E-state index in [1.54, 1.807) is 0 Å². The first-order chi connectivity index (χ1) is 8.84. The van der Waals surface area contributed by atoms with Crippen molar-refractivity contribution < 1.29 is 9.47 Å². The van der Waals surface area contributed by atoms with Crippen LogP contribution in [0.2, 0.25) is 5.02 Å². The fraction of sp³-hybridized carbons (Fsp3) is 0.583. The highest BCUT2D eigenvalue weighted by Crippen LogP contribution is 2.30. The van der Waals surface area contributed by atoms with E-state index in [9.17, 15) is 0 Å². The van der Waals surface area contributed by atoms with E-state index in [2.05, 4.69) is 15.2 Å². The van der Waals surface area contributed by atoms with Crippen molar-refractivity contribution in [3.05, 3.63) is 16.7 Å². The largest absolute Gasteiger partial charge is 0.476 e. The highest BCUT2D eigenvalue weighted by molar-refractivity contribution is 6.33. The van der Waals surface area contributed by atoms with Crippen LogP contribution in [-0.2, 0) is 11.3 Å². The summed E-state index contributed by atoms with van der Waals surface area (Å²) in [5.41, 5.74) is 1.02. The number of ether oxygens (including phenoxy) is 2. The maximum absolute atomic E-state index is 6.32. The van der Waals surface area contributed by atoms with Gasteiger partial charge in [-0.1, -0.05) is 11.6 Å². The third-order valence-corrected chi connectivity index (χ3v) is 3.42. The lowest BCUT2D eigenvalue weighted by atomic mass is 10.2. The zero-order valence-corrected chi connectivity index (χ0v) is 10.9. The molecule has 1 saturated heterocycles. The fourth-order valence-electron chi connectivity index (χ4n) is 2.19. The van der Waals surface area contributed by atoms with Crippen molar-refractivity contribution in [1.29, 1.82) is 0 Å². The smallest absolute Gasteiger partial charge is 0.219 e. The zero-order chi connectivity index (χ0) is 12.4. The Hall–Kier alpha value is -1.04. The van der Waals surface area contributed by atoms with E-state index in [4.69, 9.17) is 21.1 Å². The molecule has 2 aliphatic rings. The minimum absolute atomic E-state index is 0.643. The molecular formula is C12H16ClN3O2. The van der Waals surface area contributed by atoms with Crippen molar-refractivity contribution >= 4 is 17.4 Å². The number of nitrogens with one attached hydrogen (secondary N) is 1. The molecule has 1 fully saturated rings. The van der Waals surface area contributed by atoms with Crippen LogP contribution in [0, 0.1) is 0 Å². The molecule has 0 atom stereocenters. The maximum atomic E-state index is 6.32. The van der Waals surface area contributed by atoms with Crippen molar-refractivity contribution in [3.8, 4) is 5.88 Å². The van der Waals surface area contributed by atoms with Gasteiger partial charge in [-0.05, 0) is 6.07 Å². The molecule has 6 heteroatoms. The van der Waals surface area contributed by atoms with Gasteiger partial charge in [-0.3, -0.25) is 0 Å². The topological polar surface area (TPSA) is 46.6 Å². The van der Waals surface area contributed by atoms with Crippen LogP contribution in [0.3, 0.4) is 0 Å². The van der Waals surface area contributed by atoms with Crippen molar-refractivity contribution in [2.45, 2.75) is 6.54 Å². The molecule has 0 radical (unpaired) electrons. The summed E-state index contributed by atoms with van der Waals surface area (Å²) in [6, 6.07) is 1.95. The van der Waals surface area contributed by atoms with Gasteiger partial charge < -0.3 is 19.7 Å². The second-order valence-electron chi connectivity index (χ2n) is 4.38. The van der Waals surface area contributed by atoms with Gasteiger partial charge in [0.25, 0.3) is 0 Å². The third kappa shape index (κ3) is 2.39. The molecule has 0 unspecified atom stereocenters.